The quantitative estimate of drug-likeness (QED) is 0.829. The summed E-state index contributed by atoms with van der Waals surface area (Å²) in [5.74, 6) is -3.49. The molecule has 0 bridgehead atoms. The number of rotatable bonds is 2. The molecule has 0 aliphatic heterocycles. The summed E-state index contributed by atoms with van der Waals surface area (Å²) in [7, 11) is 0. The van der Waals surface area contributed by atoms with Crippen LogP contribution in [0.1, 0.15) is 10.4 Å². The number of halogens is 2. The molecular weight excluding hydrogens is 262 g/mol. The molecule has 1 aromatic heterocycles. The van der Waals surface area contributed by atoms with Crippen molar-refractivity contribution in [3.63, 3.8) is 0 Å². The van der Waals surface area contributed by atoms with Gasteiger partial charge in [-0.15, -0.1) is 0 Å². The Bertz CT molecular complexity index is 779. The summed E-state index contributed by atoms with van der Waals surface area (Å²) in [6.07, 6.45) is 0.695. The Kier molecular flexibility index (Phi) is 2.99. The van der Waals surface area contributed by atoms with Crippen LogP contribution >= 0.6 is 0 Å². The van der Waals surface area contributed by atoms with Gasteiger partial charge in [0.1, 0.15) is 17.2 Å². The van der Waals surface area contributed by atoms with Crippen LogP contribution in [0.5, 0.6) is 0 Å². The van der Waals surface area contributed by atoms with Crippen LogP contribution in [0.4, 0.5) is 8.78 Å². The Labute approximate surface area is 103 Å². The highest BCUT2D eigenvalue weighted by molar-refractivity contribution is 5.86. The fraction of sp³-hybridized carbons (Fsp3) is 0. The predicted octanol–water partition coefficient (Wildman–Crippen LogP) is 0.502. The minimum absolute atomic E-state index is 0.224. The molecule has 0 spiro atoms. The third-order valence-corrected chi connectivity index (χ3v) is 2.36. The van der Waals surface area contributed by atoms with Crippen LogP contribution in [0.2, 0.25) is 0 Å². The van der Waals surface area contributed by atoms with Crippen molar-refractivity contribution in [1.29, 1.82) is 0 Å². The predicted molar refractivity (Wildman–Crippen MR) is 59.5 cm³/mol. The number of hydrogen-bond acceptors (Lipinski definition) is 3. The lowest BCUT2D eigenvalue weighted by molar-refractivity contribution is 0.0694. The molecule has 2 rings (SSSR count). The average Bonchev–Trinajstić information content (AvgIpc) is 2.33. The summed E-state index contributed by atoms with van der Waals surface area (Å²) in [6.45, 7) is 0. The van der Waals surface area contributed by atoms with Crippen LogP contribution in [0, 0.1) is 11.6 Å². The molecule has 1 heterocycles. The number of carboxylic acid groups (broad SMARTS) is 1. The van der Waals surface area contributed by atoms with Gasteiger partial charge in [0.25, 0.3) is 5.56 Å². The first kappa shape index (κ1) is 12.7. The maximum atomic E-state index is 13.5. The molecular formula is C11H6F2N2O4. The number of aromatic nitrogens is 2. The van der Waals surface area contributed by atoms with E-state index >= 15 is 0 Å². The first-order chi connectivity index (χ1) is 8.91. The summed E-state index contributed by atoms with van der Waals surface area (Å²) in [6, 6.07) is 2.15. The topological polar surface area (TPSA) is 92.2 Å². The molecule has 0 aliphatic carbocycles. The van der Waals surface area contributed by atoms with E-state index in [1.165, 1.54) is 0 Å². The van der Waals surface area contributed by atoms with Gasteiger partial charge >= 0.3 is 11.7 Å². The highest BCUT2D eigenvalue weighted by Gasteiger charge is 2.17. The van der Waals surface area contributed by atoms with Crippen molar-refractivity contribution in [2.24, 2.45) is 0 Å². The molecule has 0 saturated heterocycles. The molecule has 0 aliphatic rings. The number of aromatic carboxylic acids is 1. The lowest BCUT2D eigenvalue weighted by Gasteiger charge is -2.06. The van der Waals surface area contributed by atoms with Crippen molar-refractivity contribution in [3.8, 4) is 5.69 Å². The van der Waals surface area contributed by atoms with E-state index in [4.69, 9.17) is 5.11 Å². The van der Waals surface area contributed by atoms with Gasteiger partial charge < -0.3 is 10.1 Å². The number of hydrogen-bond donors (Lipinski definition) is 2. The van der Waals surface area contributed by atoms with Gasteiger partial charge in [-0.25, -0.2) is 22.9 Å². The number of carboxylic acids is 1. The highest BCUT2D eigenvalue weighted by atomic mass is 19.1. The van der Waals surface area contributed by atoms with Crippen molar-refractivity contribution in [2.45, 2.75) is 0 Å². The zero-order chi connectivity index (χ0) is 14.2. The lowest BCUT2D eigenvalue weighted by Crippen LogP contribution is -2.37. The van der Waals surface area contributed by atoms with Crippen LogP contribution in [0.25, 0.3) is 5.69 Å². The molecule has 0 unspecified atom stereocenters. The summed E-state index contributed by atoms with van der Waals surface area (Å²) >= 11 is 0. The number of H-pyrrole nitrogens is 1. The van der Waals surface area contributed by atoms with Gasteiger partial charge in [0.15, 0.2) is 0 Å². The van der Waals surface area contributed by atoms with Gasteiger partial charge in [-0.05, 0) is 12.1 Å². The van der Waals surface area contributed by atoms with Gasteiger partial charge in [-0.3, -0.25) is 4.79 Å². The number of aromatic amines is 1. The molecule has 0 saturated carbocycles. The molecule has 1 aromatic carbocycles. The van der Waals surface area contributed by atoms with E-state index in [0.717, 1.165) is 12.1 Å². The summed E-state index contributed by atoms with van der Waals surface area (Å²) in [5.41, 5.74) is -3.74. The largest absolute Gasteiger partial charge is 0.477 e. The first-order valence-electron chi connectivity index (χ1n) is 4.95. The SMILES string of the molecule is O=C(O)c1c[nH]c(=O)n(-c2cc(F)ccc2F)c1=O. The first-order valence-corrected chi connectivity index (χ1v) is 4.95. The van der Waals surface area contributed by atoms with E-state index in [1.807, 2.05) is 4.98 Å². The van der Waals surface area contributed by atoms with Crippen LogP contribution in [0.15, 0.2) is 34.0 Å². The van der Waals surface area contributed by atoms with E-state index < -0.39 is 40.1 Å². The Morgan fingerprint density at radius 1 is 1.26 bits per heavy atom. The zero-order valence-corrected chi connectivity index (χ0v) is 9.18. The van der Waals surface area contributed by atoms with Gasteiger partial charge in [0, 0.05) is 12.3 Å². The van der Waals surface area contributed by atoms with E-state index in [1.54, 1.807) is 0 Å². The molecule has 8 heteroatoms. The van der Waals surface area contributed by atoms with Crippen LogP contribution in [-0.2, 0) is 0 Å². The number of benzene rings is 1. The van der Waals surface area contributed by atoms with Crippen molar-refractivity contribution in [3.05, 3.63) is 62.4 Å². The smallest absolute Gasteiger partial charge is 0.342 e. The molecule has 0 radical (unpaired) electrons. The maximum absolute atomic E-state index is 13.5. The maximum Gasteiger partial charge on any atom is 0.342 e. The lowest BCUT2D eigenvalue weighted by atomic mass is 10.2. The Morgan fingerprint density at radius 3 is 2.58 bits per heavy atom. The van der Waals surface area contributed by atoms with E-state index in [2.05, 4.69) is 0 Å². The van der Waals surface area contributed by atoms with E-state index in [9.17, 15) is 23.2 Å². The molecule has 2 aromatic rings. The number of carbonyl (C=O) groups is 1. The molecule has 6 nitrogen and oxygen atoms in total. The van der Waals surface area contributed by atoms with Gasteiger partial charge in [0.2, 0.25) is 0 Å². The van der Waals surface area contributed by atoms with Crippen LogP contribution in [0.3, 0.4) is 0 Å². The normalized spacial score (nSPS) is 10.4. The number of nitrogens with one attached hydrogen (secondary N) is 1. The fourth-order valence-corrected chi connectivity index (χ4v) is 1.50. The van der Waals surface area contributed by atoms with Gasteiger partial charge in [-0.2, -0.15) is 0 Å². The Morgan fingerprint density at radius 2 is 1.95 bits per heavy atom. The summed E-state index contributed by atoms with van der Waals surface area (Å²) in [4.78, 5) is 36.0. The van der Waals surface area contributed by atoms with Crippen LogP contribution in [-0.4, -0.2) is 20.6 Å². The zero-order valence-electron chi connectivity index (χ0n) is 9.18. The minimum Gasteiger partial charge on any atom is -0.477 e. The molecule has 19 heavy (non-hydrogen) atoms. The van der Waals surface area contributed by atoms with Gasteiger partial charge in [-0.1, -0.05) is 0 Å². The summed E-state index contributed by atoms with van der Waals surface area (Å²) in [5, 5.41) is 8.75. The molecule has 0 amide bonds. The molecule has 2 N–H and O–H groups in total. The monoisotopic (exact) mass is 268 g/mol. The Balaban J connectivity index is 2.86. The van der Waals surface area contributed by atoms with Crippen molar-refractivity contribution >= 4 is 5.97 Å². The second-order valence-electron chi connectivity index (χ2n) is 3.55. The van der Waals surface area contributed by atoms with Gasteiger partial charge in [0.05, 0.1) is 5.69 Å². The third-order valence-electron chi connectivity index (χ3n) is 2.36. The van der Waals surface area contributed by atoms with Crippen molar-refractivity contribution < 1.29 is 18.7 Å². The second-order valence-corrected chi connectivity index (χ2v) is 3.55. The number of nitrogens with zero attached hydrogens (tertiary/aromatic N) is 1. The molecule has 0 atom stereocenters. The van der Waals surface area contributed by atoms with E-state index in [0.29, 0.717) is 12.3 Å². The third kappa shape index (κ3) is 2.15. The molecule has 0 fully saturated rings. The molecule has 98 valence electrons. The minimum atomic E-state index is -1.59. The standard InChI is InChI=1S/C11H6F2N2O4/c12-5-1-2-7(13)8(3-5)15-9(16)6(10(17)18)4-14-11(15)19/h1-4H,(H,14,19)(H,17,18). The second kappa shape index (κ2) is 4.48. The van der Waals surface area contributed by atoms with Crippen LogP contribution < -0.4 is 11.2 Å². The highest BCUT2D eigenvalue weighted by Crippen LogP contribution is 2.11. The summed E-state index contributed by atoms with van der Waals surface area (Å²) < 4.78 is 26.8. The van der Waals surface area contributed by atoms with E-state index in [-0.39, 0.29) is 4.57 Å². The van der Waals surface area contributed by atoms with Crippen molar-refractivity contribution in [2.75, 3.05) is 0 Å². The average molecular weight is 268 g/mol. The van der Waals surface area contributed by atoms with Crippen molar-refractivity contribution in [1.82, 2.24) is 9.55 Å². The fourth-order valence-electron chi connectivity index (χ4n) is 1.50. The Hall–Kier alpha value is -2.77.